The van der Waals surface area contributed by atoms with Gasteiger partial charge in [0.1, 0.15) is 0 Å². The minimum atomic E-state index is 0. The summed E-state index contributed by atoms with van der Waals surface area (Å²) in [7, 11) is 0. The average Bonchev–Trinajstić information content (AvgIpc) is 1.83. The molecule has 1 unspecified atom stereocenters. The average molecular weight is 204 g/mol. The van der Waals surface area contributed by atoms with E-state index in [1.54, 1.807) is 0 Å². The van der Waals surface area contributed by atoms with Crippen molar-refractivity contribution in [3.8, 4) is 0 Å². The summed E-state index contributed by atoms with van der Waals surface area (Å²) in [6.45, 7) is 8.42. The van der Waals surface area contributed by atoms with Gasteiger partial charge in [-0.05, 0) is 0 Å². The molecule has 0 aliphatic heterocycles. The Hall–Kier alpha value is 0.883. The molecule has 0 spiro atoms. The van der Waals surface area contributed by atoms with Crippen molar-refractivity contribution in [1.29, 1.82) is 0 Å². The van der Waals surface area contributed by atoms with E-state index < -0.39 is 0 Å². The maximum Gasteiger partial charge on any atom is 0 e. The fourth-order valence-corrected chi connectivity index (χ4v) is 0.697. The van der Waals surface area contributed by atoms with E-state index in [1.165, 1.54) is 25.7 Å². The molecule has 0 aliphatic rings. The van der Waals surface area contributed by atoms with Crippen LogP contribution in [0.25, 0.3) is 0 Å². The molecule has 0 saturated heterocycles. The predicted molar refractivity (Wildman–Crippen MR) is 38.7 cm³/mol. The maximum atomic E-state index is 3.99. The van der Waals surface area contributed by atoms with Gasteiger partial charge in [-0.3, -0.25) is 0 Å². The van der Waals surface area contributed by atoms with Crippen molar-refractivity contribution in [2.45, 2.75) is 39.5 Å². The van der Waals surface area contributed by atoms with Crippen LogP contribution >= 0.6 is 0 Å². The molecule has 0 aromatic rings. The Kier molecular flexibility index (Phi) is 12.4. The number of rotatable bonds is 4. The standard InChI is InChI=1S/C8H17.Zr/c1-4-6-7-8(3)5-2;/h8H,3-7H2,1-2H3;/q-1;. The van der Waals surface area contributed by atoms with Crippen molar-refractivity contribution in [2.75, 3.05) is 0 Å². The second kappa shape index (κ2) is 8.88. The summed E-state index contributed by atoms with van der Waals surface area (Å²) < 4.78 is 0. The molecule has 0 rings (SSSR count). The van der Waals surface area contributed by atoms with E-state index >= 15 is 0 Å². The molecule has 0 aromatic carbocycles. The third kappa shape index (κ3) is 8.88. The van der Waals surface area contributed by atoms with E-state index in [1.807, 2.05) is 0 Å². The monoisotopic (exact) mass is 203 g/mol. The van der Waals surface area contributed by atoms with E-state index in [4.69, 9.17) is 0 Å². The molecule has 0 amide bonds. The molecule has 1 heteroatoms. The fraction of sp³-hybridized carbons (Fsp3) is 0.875. The third-order valence-corrected chi connectivity index (χ3v) is 1.54. The summed E-state index contributed by atoms with van der Waals surface area (Å²) in [5, 5.41) is 0. The van der Waals surface area contributed by atoms with Gasteiger partial charge in [-0.1, -0.05) is 39.5 Å². The third-order valence-electron chi connectivity index (χ3n) is 1.54. The minimum Gasteiger partial charge on any atom is -0.340 e. The Morgan fingerprint density at radius 1 is 1.33 bits per heavy atom. The molecular formula is C8H17Zr-. The Bertz CT molecular complexity index is 43.8. The van der Waals surface area contributed by atoms with Crippen molar-refractivity contribution in [3.63, 3.8) is 0 Å². The van der Waals surface area contributed by atoms with E-state index in [0.29, 0.717) is 5.92 Å². The van der Waals surface area contributed by atoms with Gasteiger partial charge in [-0.15, -0.1) is 0 Å². The molecule has 0 bridgehead atoms. The summed E-state index contributed by atoms with van der Waals surface area (Å²) in [5.74, 6) is 0.704. The Balaban J connectivity index is 0. The van der Waals surface area contributed by atoms with E-state index in [0.717, 1.165) is 0 Å². The van der Waals surface area contributed by atoms with Gasteiger partial charge in [0.25, 0.3) is 0 Å². The van der Waals surface area contributed by atoms with E-state index in [-0.39, 0.29) is 26.2 Å². The van der Waals surface area contributed by atoms with Gasteiger partial charge in [0.05, 0.1) is 0 Å². The second-order valence-electron chi connectivity index (χ2n) is 2.42. The predicted octanol–water partition coefficient (Wildman–Crippen LogP) is 3.03. The minimum absolute atomic E-state index is 0. The zero-order chi connectivity index (χ0) is 6.41. The first-order valence-corrected chi connectivity index (χ1v) is 3.64. The maximum absolute atomic E-state index is 3.99. The quantitative estimate of drug-likeness (QED) is 0.618. The van der Waals surface area contributed by atoms with Crippen LogP contribution in [0.2, 0.25) is 0 Å². The Morgan fingerprint density at radius 2 is 1.89 bits per heavy atom. The molecule has 0 N–H and O–H groups in total. The fourth-order valence-electron chi connectivity index (χ4n) is 0.697. The normalized spacial score (nSPS) is 12.3. The van der Waals surface area contributed by atoms with E-state index in [9.17, 15) is 0 Å². The first-order valence-electron chi connectivity index (χ1n) is 3.64. The van der Waals surface area contributed by atoms with Crippen LogP contribution in [0.5, 0.6) is 0 Å². The summed E-state index contributed by atoms with van der Waals surface area (Å²) in [4.78, 5) is 0. The smallest absolute Gasteiger partial charge is 0 e. The molecule has 9 heavy (non-hydrogen) atoms. The molecule has 1 atom stereocenters. The molecule has 0 aliphatic carbocycles. The SMILES string of the molecule is [CH2-]C(CC)CCCC.[Zr]. The summed E-state index contributed by atoms with van der Waals surface area (Å²) in [5.41, 5.74) is 0. The van der Waals surface area contributed by atoms with Crippen LogP contribution < -0.4 is 0 Å². The van der Waals surface area contributed by atoms with Crippen LogP contribution in [-0.4, -0.2) is 0 Å². The molecule has 0 heterocycles. The van der Waals surface area contributed by atoms with Gasteiger partial charge in [-0.2, -0.15) is 5.92 Å². The van der Waals surface area contributed by atoms with Crippen LogP contribution in [0.3, 0.4) is 0 Å². The van der Waals surface area contributed by atoms with Gasteiger partial charge in [-0.25, -0.2) is 0 Å². The number of unbranched alkanes of at least 4 members (excludes halogenated alkanes) is 1. The van der Waals surface area contributed by atoms with Crippen LogP contribution in [0.1, 0.15) is 39.5 Å². The number of hydrogen-bond acceptors (Lipinski definition) is 0. The molecule has 0 fully saturated rings. The molecule has 54 valence electrons. The van der Waals surface area contributed by atoms with Crippen molar-refractivity contribution in [3.05, 3.63) is 6.92 Å². The Labute approximate surface area is 78.5 Å². The van der Waals surface area contributed by atoms with Crippen molar-refractivity contribution < 1.29 is 26.2 Å². The summed E-state index contributed by atoms with van der Waals surface area (Å²) in [6.07, 6.45) is 5.21. The topological polar surface area (TPSA) is 0 Å². The summed E-state index contributed by atoms with van der Waals surface area (Å²) in [6, 6.07) is 0. The molecule has 0 aromatic heterocycles. The van der Waals surface area contributed by atoms with Crippen LogP contribution in [0.4, 0.5) is 0 Å². The van der Waals surface area contributed by atoms with Gasteiger partial charge < -0.3 is 6.92 Å². The van der Waals surface area contributed by atoms with Gasteiger partial charge in [0.2, 0.25) is 0 Å². The van der Waals surface area contributed by atoms with Crippen LogP contribution in [0, 0.1) is 12.8 Å². The van der Waals surface area contributed by atoms with Crippen molar-refractivity contribution in [1.82, 2.24) is 0 Å². The first-order chi connectivity index (χ1) is 3.81. The summed E-state index contributed by atoms with van der Waals surface area (Å²) >= 11 is 0. The van der Waals surface area contributed by atoms with Crippen molar-refractivity contribution >= 4 is 0 Å². The van der Waals surface area contributed by atoms with Gasteiger partial charge in [0.15, 0.2) is 0 Å². The molecule has 0 radical (unpaired) electrons. The largest absolute Gasteiger partial charge is 0.340 e. The first kappa shape index (κ1) is 12.5. The van der Waals surface area contributed by atoms with Gasteiger partial charge in [0, 0.05) is 26.2 Å². The zero-order valence-electron chi connectivity index (χ0n) is 6.61. The second-order valence-corrected chi connectivity index (χ2v) is 2.42. The Morgan fingerprint density at radius 3 is 2.22 bits per heavy atom. The zero-order valence-corrected chi connectivity index (χ0v) is 9.07. The molecule has 0 saturated carbocycles. The van der Waals surface area contributed by atoms with Gasteiger partial charge >= 0.3 is 0 Å². The number of hydrogen-bond donors (Lipinski definition) is 0. The van der Waals surface area contributed by atoms with Crippen molar-refractivity contribution in [2.24, 2.45) is 5.92 Å². The molecule has 0 nitrogen and oxygen atoms in total. The molecular weight excluding hydrogens is 187 g/mol. The van der Waals surface area contributed by atoms with Crippen LogP contribution in [-0.2, 0) is 26.2 Å². The van der Waals surface area contributed by atoms with E-state index in [2.05, 4.69) is 20.8 Å². The van der Waals surface area contributed by atoms with Crippen LogP contribution in [0.15, 0.2) is 0 Å².